The van der Waals surface area contributed by atoms with Crippen LogP contribution in [-0.4, -0.2) is 0 Å². The zero-order valence-corrected chi connectivity index (χ0v) is 14.2. The van der Waals surface area contributed by atoms with Gasteiger partial charge in [0.15, 0.2) is 0 Å². The van der Waals surface area contributed by atoms with Crippen LogP contribution in [0.1, 0.15) is 60.1 Å². The van der Waals surface area contributed by atoms with E-state index in [1.807, 2.05) is 39.8 Å². The molecule has 0 aromatic heterocycles. The van der Waals surface area contributed by atoms with Crippen molar-refractivity contribution >= 4 is 0 Å². The minimum atomic E-state index is 0. The summed E-state index contributed by atoms with van der Waals surface area (Å²) in [6.07, 6.45) is 2.28. The van der Waals surface area contributed by atoms with Gasteiger partial charge in [-0.25, -0.2) is 0 Å². The largest absolute Gasteiger partial charge is 0.0776 e. The van der Waals surface area contributed by atoms with E-state index in [1.165, 1.54) is 11.1 Å². The molecule has 2 aromatic carbocycles. The van der Waals surface area contributed by atoms with Crippen LogP contribution in [0.15, 0.2) is 60.7 Å². The minimum Gasteiger partial charge on any atom is -0.0776 e. The summed E-state index contributed by atoms with van der Waals surface area (Å²) in [6, 6.07) is 20.9. The summed E-state index contributed by atoms with van der Waals surface area (Å²) in [5, 5.41) is 0. The molecule has 0 amide bonds. The highest BCUT2D eigenvalue weighted by molar-refractivity contribution is 5.14. The Morgan fingerprint density at radius 3 is 0.905 bits per heavy atom. The lowest BCUT2D eigenvalue weighted by Crippen LogP contribution is -1.73. The third kappa shape index (κ3) is 14.7. The Morgan fingerprint density at radius 2 is 0.762 bits per heavy atom. The molecule has 2 aromatic rings. The maximum absolute atomic E-state index is 2.16. The molecule has 0 N–H and O–H groups in total. The number of hydrogen-bond donors (Lipinski definition) is 0. The molecule has 0 aliphatic carbocycles. The van der Waals surface area contributed by atoms with Gasteiger partial charge < -0.3 is 0 Å². The third-order valence-corrected chi connectivity index (χ3v) is 2.50. The molecule has 0 saturated carbocycles. The molecule has 0 aliphatic heterocycles. The van der Waals surface area contributed by atoms with Gasteiger partial charge in [0, 0.05) is 0 Å². The minimum absolute atomic E-state index is 0. The van der Waals surface area contributed by atoms with E-state index in [4.69, 9.17) is 0 Å². The Labute approximate surface area is 134 Å². The second-order valence-electron chi connectivity index (χ2n) is 3.68. The fourth-order valence-corrected chi connectivity index (χ4v) is 1.43. The van der Waals surface area contributed by atoms with E-state index in [-0.39, 0.29) is 7.43 Å². The molecule has 0 nitrogen and oxygen atoms in total. The fourth-order valence-electron chi connectivity index (χ4n) is 1.43. The lowest BCUT2D eigenvalue weighted by Gasteiger charge is -1.89. The maximum atomic E-state index is 2.16. The highest BCUT2D eigenvalue weighted by Crippen LogP contribution is 1.97. The number of rotatable bonds is 2. The Bertz CT molecular complexity index is 322. The lowest BCUT2D eigenvalue weighted by atomic mass is 10.2. The van der Waals surface area contributed by atoms with Crippen LogP contribution in [0.3, 0.4) is 0 Å². The first kappa shape index (κ1) is 24.5. The van der Waals surface area contributed by atoms with Crippen molar-refractivity contribution in [2.45, 2.75) is 61.8 Å². The molecular weight excluding hydrogens is 252 g/mol. The Morgan fingerprint density at radius 1 is 0.524 bits per heavy atom. The van der Waals surface area contributed by atoms with Crippen molar-refractivity contribution < 1.29 is 0 Å². The van der Waals surface area contributed by atoms with Gasteiger partial charge in [0.2, 0.25) is 0 Å². The summed E-state index contributed by atoms with van der Waals surface area (Å²) in [7, 11) is 0. The van der Waals surface area contributed by atoms with Crippen LogP contribution in [0.4, 0.5) is 0 Å². The van der Waals surface area contributed by atoms with Crippen LogP contribution in [0, 0.1) is 0 Å². The predicted octanol–water partition coefficient (Wildman–Crippen LogP) is 7.19. The van der Waals surface area contributed by atoms with Gasteiger partial charge in [-0.2, -0.15) is 0 Å². The normalized spacial score (nSPS) is 7.52. The van der Waals surface area contributed by atoms with Gasteiger partial charge in [-0.15, -0.1) is 0 Å². The SMILES string of the molecule is C.CC.CC.CCc1ccccc1.CCc1ccccc1. The van der Waals surface area contributed by atoms with E-state index in [2.05, 4.69) is 62.4 Å². The molecular formula is C21H36. The highest BCUT2D eigenvalue weighted by atomic mass is 13.9. The predicted molar refractivity (Wildman–Crippen MR) is 101 cm³/mol. The standard InChI is InChI=1S/2C8H10.2C2H6.CH4/c2*1-2-8-6-4-3-5-7-8;2*1-2;/h2*3-7H,2H2,1H3;2*1-2H3;1H4. The summed E-state index contributed by atoms with van der Waals surface area (Å²) in [5.74, 6) is 0. The quantitative estimate of drug-likeness (QED) is 0.548. The first-order valence-electron chi connectivity index (χ1n) is 7.94. The van der Waals surface area contributed by atoms with Crippen molar-refractivity contribution in [1.82, 2.24) is 0 Å². The summed E-state index contributed by atoms with van der Waals surface area (Å²) in [5.41, 5.74) is 2.82. The Kier molecular flexibility index (Phi) is 24.2. The van der Waals surface area contributed by atoms with Gasteiger partial charge in [0.1, 0.15) is 0 Å². The van der Waals surface area contributed by atoms with Crippen LogP contribution in [0.5, 0.6) is 0 Å². The number of benzene rings is 2. The molecule has 0 unspecified atom stereocenters. The first-order valence-corrected chi connectivity index (χ1v) is 7.94. The van der Waals surface area contributed by atoms with Gasteiger partial charge in [-0.05, 0) is 24.0 Å². The summed E-state index contributed by atoms with van der Waals surface area (Å²) in [4.78, 5) is 0. The van der Waals surface area contributed by atoms with E-state index in [1.54, 1.807) is 0 Å². The van der Waals surface area contributed by atoms with Crippen molar-refractivity contribution in [1.29, 1.82) is 0 Å². The van der Waals surface area contributed by atoms with Crippen molar-refractivity contribution in [2.24, 2.45) is 0 Å². The van der Waals surface area contributed by atoms with E-state index in [0.717, 1.165) is 12.8 Å². The van der Waals surface area contributed by atoms with Crippen LogP contribution < -0.4 is 0 Å². The highest BCUT2D eigenvalue weighted by Gasteiger charge is 1.80. The van der Waals surface area contributed by atoms with Gasteiger partial charge >= 0.3 is 0 Å². The zero-order valence-electron chi connectivity index (χ0n) is 14.2. The van der Waals surface area contributed by atoms with Crippen molar-refractivity contribution in [3.05, 3.63) is 71.8 Å². The van der Waals surface area contributed by atoms with E-state index < -0.39 is 0 Å². The maximum Gasteiger partial charge on any atom is -0.0307 e. The average molecular weight is 289 g/mol. The molecule has 0 fully saturated rings. The van der Waals surface area contributed by atoms with Crippen LogP contribution >= 0.6 is 0 Å². The molecule has 0 bridgehead atoms. The lowest BCUT2D eigenvalue weighted by molar-refractivity contribution is 1.14. The van der Waals surface area contributed by atoms with Crippen molar-refractivity contribution in [3.63, 3.8) is 0 Å². The Hall–Kier alpha value is -1.56. The molecule has 0 aliphatic rings. The molecule has 0 atom stereocenters. The number of hydrogen-bond acceptors (Lipinski definition) is 0. The van der Waals surface area contributed by atoms with Gasteiger partial charge in [0.25, 0.3) is 0 Å². The van der Waals surface area contributed by atoms with Crippen LogP contribution in [0.2, 0.25) is 0 Å². The second-order valence-corrected chi connectivity index (χ2v) is 3.68. The fraction of sp³-hybridized carbons (Fsp3) is 0.429. The van der Waals surface area contributed by atoms with E-state index >= 15 is 0 Å². The Balaban J connectivity index is -0.000000240. The first-order chi connectivity index (χ1) is 9.86. The summed E-state index contributed by atoms with van der Waals surface area (Å²) in [6.45, 7) is 12.3. The number of aryl methyl sites for hydroxylation is 2. The molecule has 0 heteroatoms. The molecule has 0 spiro atoms. The average Bonchev–Trinajstić information content (AvgIpc) is 2.60. The smallest absolute Gasteiger partial charge is 0.0307 e. The van der Waals surface area contributed by atoms with E-state index in [9.17, 15) is 0 Å². The molecule has 2 rings (SSSR count). The summed E-state index contributed by atoms with van der Waals surface area (Å²) < 4.78 is 0. The van der Waals surface area contributed by atoms with Gasteiger partial charge in [0.05, 0.1) is 0 Å². The topological polar surface area (TPSA) is 0 Å². The molecule has 120 valence electrons. The van der Waals surface area contributed by atoms with Crippen LogP contribution in [-0.2, 0) is 12.8 Å². The van der Waals surface area contributed by atoms with E-state index in [0.29, 0.717) is 0 Å². The van der Waals surface area contributed by atoms with Crippen LogP contribution in [0.25, 0.3) is 0 Å². The third-order valence-electron chi connectivity index (χ3n) is 2.50. The van der Waals surface area contributed by atoms with Crippen molar-refractivity contribution in [2.75, 3.05) is 0 Å². The molecule has 0 heterocycles. The molecule has 0 saturated heterocycles. The second kappa shape index (κ2) is 20.8. The monoisotopic (exact) mass is 288 g/mol. The van der Waals surface area contributed by atoms with Gasteiger partial charge in [-0.3, -0.25) is 0 Å². The zero-order chi connectivity index (χ0) is 15.6. The van der Waals surface area contributed by atoms with Gasteiger partial charge in [-0.1, -0.05) is 110 Å². The molecule has 0 radical (unpaired) electrons. The summed E-state index contributed by atoms with van der Waals surface area (Å²) >= 11 is 0. The molecule has 21 heavy (non-hydrogen) atoms. The van der Waals surface area contributed by atoms with Crippen molar-refractivity contribution in [3.8, 4) is 0 Å².